The van der Waals surface area contributed by atoms with Crippen LogP contribution >= 0.6 is 0 Å². The van der Waals surface area contributed by atoms with Crippen LogP contribution in [-0.2, 0) is 19.1 Å². The fourth-order valence-corrected chi connectivity index (χ4v) is 8.35. The third-order valence-corrected chi connectivity index (χ3v) is 9.29. The predicted octanol–water partition coefficient (Wildman–Crippen LogP) is 4.36. The maximum atomic E-state index is 12.7. The van der Waals surface area contributed by atoms with Crippen molar-refractivity contribution in [2.24, 2.45) is 39.9 Å². The molecule has 146 valence electrons. The molecule has 4 nitrogen and oxygen atoms in total. The van der Waals surface area contributed by atoms with Crippen molar-refractivity contribution in [3.63, 3.8) is 0 Å². The average Bonchev–Trinajstić information content (AvgIpc) is 2.90. The summed E-state index contributed by atoms with van der Waals surface area (Å²) in [4.78, 5) is 25.0. The van der Waals surface area contributed by atoms with Crippen LogP contribution in [0, 0.1) is 39.9 Å². The molecule has 0 amide bonds. The van der Waals surface area contributed by atoms with E-state index in [1.165, 1.54) is 33.5 Å². The molecule has 4 fully saturated rings. The Balaban J connectivity index is 1.68. The minimum Gasteiger partial charge on any atom is -0.469 e. The van der Waals surface area contributed by atoms with Gasteiger partial charge in [0.1, 0.15) is 0 Å². The third kappa shape index (κ3) is 2.26. The summed E-state index contributed by atoms with van der Waals surface area (Å²) in [6.07, 6.45) is 10.1. The molecule has 0 N–H and O–H groups in total. The van der Waals surface area contributed by atoms with Gasteiger partial charge in [0.05, 0.1) is 25.6 Å². The quantitative estimate of drug-likeness (QED) is 0.685. The van der Waals surface area contributed by atoms with Gasteiger partial charge in [0, 0.05) is 0 Å². The van der Waals surface area contributed by atoms with Gasteiger partial charge in [-0.3, -0.25) is 9.59 Å². The zero-order chi connectivity index (χ0) is 18.7. The van der Waals surface area contributed by atoms with Gasteiger partial charge in [-0.15, -0.1) is 0 Å². The fourth-order valence-electron chi connectivity index (χ4n) is 8.35. The first-order valence-electron chi connectivity index (χ1n) is 10.5. The number of ether oxygens (including phenoxy) is 2. The highest BCUT2D eigenvalue weighted by Gasteiger charge is 2.66. The molecular formula is C22H34O4. The standard InChI is InChI=1S/C22H34O4/c1-20-9-5-10-21(2,19(24)26-4)16(20)8-11-22-12-14(6-7-17(20)22)15(13-22)18(23)25-3/h14-17H,5-13H2,1-4H3. The van der Waals surface area contributed by atoms with Gasteiger partial charge in [-0.25, -0.2) is 0 Å². The van der Waals surface area contributed by atoms with Crippen LogP contribution in [0.25, 0.3) is 0 Å². The molecule has 4 aliphatic carbocycles. The van der Waals surface area contributed by atoms with Gasteiger partial charge in [-0.05, 0) is 86.9 Å². The Hall–Kier alpha value is -1.06. The first kappa shape index (κ1) is 18.3. The molecule has 0 aromatic heterocycles. The van der Waals surface area contributed by atoms with Crippen molar-refractivity contribution < 1.29 is 19.1 Å². The number of fused-ring (bicyclic) bond motifs is 3. The van der Waals surface area contributed by atoms with Gasteiger partial charge in [0.2, 0.25) is 0 Å². The highest BCUT2D eigenvalue weighted by atomic mass is 16.5. The summed E-state index contributed by atoms with van der Waals surface area (Å²) in [5, 5.41) is 0. The lowest BCUT2D eigenvalue weighted by atomic mass is 9.41. The number of hydrogen-bond acceptors (Lipinski definition) is 4. The summed E-state index contributed by atoms with van der Waals surface area (Å²) in [6, 6.07) is 0. The average molecular weight is 363 g/mol. The van der Waals surface area contributed by atoms with E-state index in [4.69, 9.17) is 9.47 Å². The molecule has 0 aromatic rings. The van der Waals surface area contributed by atoms with E-state index in [-0.39, 0.29) is 28.7 Å². The van der Waals surface area contributed by atoms with Crippen molar-refractivity contribution in [1.29, 1.82) is 0 Å². The molecule has 0 saturated heterocycles. The second-order valence-electron chi connectivity index (χ2n) is 10.1. The van der Waals surface area contributed by atoms with E-state index in [1.54, 1.807) is 0 Å². The van der Waals surface area contributed by atoms with Crippen LogP contribution in [0.5, 0.6) is 0 Å². The summed E-state index contributed by atoms with van der Waals surface area (Å²) in [7, 11) is 3.06. The van der Waals surface area contributed by atoms with E-state index in [1.807, 2.05) is 0 Å². The minimum atomic E-state index is -0.347. The van der Waals surface area contributed by atoms with Gasteiger partial charge in [0.15, 0.2) is 0 Å². The predicted molar refractivity (Wildman–Crippen MR) is 98.2 cm³/mol. The molecule has 1 spiro atoms. The van der Waals surface area contributed by atoms with E-state index in [0.717, 1.165) is 38.5 Å². The second kappa shape index (κ2) is 5.97. The smallest absolute Gasteiger partial charge is 0.311 e. The lowest BCUT2D eigenvalue weighted by Crippen LogP contribution is -2.58. The van der Waals surface area contributed by atoms with Gasteiger partial charge >= 0.3 is 11.9 Å². The first-order chi connectivity index (χ1) is 12.3. The van der Waals surface area contributed by atoms with Crippen molar-refractivity contribution >= 4 is 11.9 Å². The zero-order valence-corrected chi connectivity index (χ0v) is 16.8. The molecule has 2 bridgehead atoms. The number of methoxy groups -OCH3 is 2. The van der Waals surface area contributed by atoms with Crippen LogP contribution in [-0.4, -0.2) is 26.2 Å². The van der Waals surface area contributed by atoms with E-state index < -0.39 is 0 Å². The summed E-state index contributed by atoms with van der Waals surface area (Å²) < 4.78 is 10.4. The van der Waals surface area contributed by atoms with Crippen LogP contribution in [0.4, 0.5) is 0 Å². The SMILES string of the molecule is COC(=O)C1CC23CCC4C(C)(C(=O)OC)CCCC4(C)C2CCC1C3. The number of rotatable bonds is 2. The number of esters is 2. The van der Waals surface area contributed by atoms with Gasteiger partial charge in [0.25, 0.3) is 0 Å². The lowest BCUT2D eigenvalue weighted by Gasteiger charge is -2.63. The largest absolute Gasteiger partial charge is 0.469 e. The van der Waals surface area contributed by atoms with Gasteiger partial charge < -0.3 is 9.47 Å². The molecule has 4 saturated carbocycles. The first-order valence-corrected chi connectivity index (χ1v) is 10.5. The highest BCUT2D eigenvalue weighted by molar-refractivity contribution is 5.77. The molecule has 7 atom stereocenters. The van der Waals surface area contributed by atoms with Crippen molar-refractivity contribution in [3.05, 3.63) is 0 Å². The van der Waals surface area contributed by atoms with Crippen LogP contribution in [0.3, 0.4) is 0 Å². The monoisotopic (exact) mass is 362 g/mol. The van der Waals surface area contributed by atoms with Crippen molar-refractivity contribution in [2.75, 3.05) is 14.2 Å². The Labute approximate surface area is 157 Å². The fraction of sp³-hybridized carbons (Fsp3) is 0.909. The highest BCUT2D eigenvalue weighted by Crippen LogP contribution is 2.72. The van der Waals surface area contributed by atoms with Crippen molar-refractivity contribution in [1.82, 2.24) is 0 Å². The molecule has 0 heterocycles. The third-order valence-electron chi connectivity index (χ3n) is 9.29. The topological polar surface area (TPSA) is 52.6 Å². The summed E-state index contributed by atoms with van der Waals surface area (Å²) in [5.74, 6) is 1.62. The minimum absolute atomic E-state index is 0.00263. The summed E-state index contributed by atoms with van der Waals surface area (Å²) >= 11 is 0. The number of carbonyl (C=O) groups is 2. The van der Waals surface area contributed by atoms with Gasteiger partial charge in [-0.2, -0.15) is 0 Å². The molecule has 4 aliphatic rings. The normalized spacial score (nSPS) is 49.7. The molecule has 26 heavy (non-hydrogen) atoms. The maximum Gasteiger partial charge on any atom is 0.311 e. The van der Waals surface area contributed by atoms with E-state index in [9.17, 15) is 9.59 Å². The van der Waals surface area contributed by atoms with E-state index in [2.05, 4.69) is 13.8 Å². The second-order valence-corrected chi connectivity index (χ2v) is 10.1. The molecule has 7 unspecified atom stereocenters. The summed E-state index contributed by atoms with van der Waals surface area (Å²) in [5.41, 5.74) is 0.136. The van der Waals surface area contributed by atoms with Crippen molar-refractivity contribution in [3.8, 4) is 0 Å². The van der Waals surface area contributed by atoms with Crippen LogP contribution in [0.15, 0.2) is 0 Å². The molecular weight excluding hydrogens is 328 g/mol. The van der Waals surface area contributed by atoms with Crippen molar-refractivity contribution in [2.45, 2.75) is 71.6 Å². The maximum absolute atomic E-state index is 12.7. The Morgan fingerprint density at radius 2 is 1.65 bits per heavy atom. The zero-order valence-electron chi connectivity index (χ0n) is 16.8. The Morgan fingerprint density at radius 3 is 2.35 bits per heavy atom. The van der Waals surface area contributed by atoms with Gasteiger partial charge in [-0.1, -0.05) is 13.3 Å². The Morgan fingerprint density at radius 1 is 0.885 bits per heavy atom. The summed E-state index contributed by atoms with van der Waals surface area (Å²) in [6.45, 7) is 4.60. The molecule has 4 heteroatoms. The molecule has 4 rings (SSSR count). The molecule has 0 radical (unpaired) electrons. The molecule has 0 aromatic carbocycles. The van der Waals surface area contributed by atoms with E-state index >= 15 is 0 Å². The Bertz CT molecular complexity index is 615. The number of hydrogen-bond donors (Lipinski definition) is 0. The van der Waals surface area contributed by atoms with Crippen LogP contribution < -0.4 is 0 Å². The van der Waals surface area contributed by atoms with Crippen LogP contribution in [0.2, 0.25) is 0 Å². The van der Waals surface area contributed by atoms with Crippen LogP contribution in [0.1, 0.15) is 71.6 Å². The lowest BCUT2D eigenvalue weighted by molar-refractivity contribution is -0.183. The number of carbonyl (C=O) groups excluding carboxylic acids is 2. The van der Waals surface area contributed by atoms with E-state index in [0.29, 0.717) is 23.2 Å². The Kier molecular flexibility index (Phi) is 4.20. The molecule has 0 aliphatic heterocycles.